The van der Waals surface area contributed by atoms with Crippen molar-refractivity contribution in [3.8, 4) is 11.5 Å². The Kier molecular flexibility index (Phi) is 8.23. The van der Waals surface area contributed by atoms with E-state index in [1.807, 2.05) is 18.2 Å². The third-order valence-corrected chi connectivity index (χ3v) is 2.91. The van der Waals surface area contributed by atoms with Gasteiger partial charge in [0.25, 0.3) is 0 Å². The lowest BCUT2D eigenvalue weighted by molar-refractivity contribution is -0.120. The lowest BCUT2D eigenvalue weighted by atomic mass is 10.2. The molecule has 0 aromatic heterocycles. The van der Waals surface area contributed by atoms with Crippen LogP contribution in [-0.2, 0) is 16.1 Å². The summed E-state index contributed by atoms with van der Waals surface area (Å²) in [4.78, 5) is 11.6. The molecule has 1 aromatic rings. The van der Waals surface area contributed by atoms with Crippen LogP contribution in [0.4, 0.5) is 0 Å². The third kappa shape index (κ3) is 6.46. The molecule has 2 N–H and O–H groups in total. The summed E-state index contributed by atoms with van der Waals surface area (Å²) in [6.07, 6.45) is 0.817. The maximum absolute atomic E-state index is 11.6. The van der Waals surface area contributed by atoms with E-state index in [4.69, 9.17) is 14.2 Å². The van der Waals surface area contributed by atoms with Crippen molar-refractivity contribution in [3.05, 3.63) is 23.8 Å². The van der Waals surface area contributed by atoms with Crippen molar-refractivity contribution in [3.63, 3.8) is 0 Å². The van der Waals surface area contributed by atoms with Gasteiger partial charge in [0.15, 0.2) is 11.5 Å². The van der Waals surface area contributed by atoms with Crippen molar-refractivity contribution in [1.82, 2.24) is 10.6 Å². The fourth-order valence-electron chi connectivity index (χ4n) is 1.82. The zero-order chi connectivity index (χ0) is 15.5. The molecule has 0 fully saturated rings. The molecule has 0 saturated carbocycles. The SMILES string of the molecule is COCCCNC(=O)CNCc1ccc(OC)c(OC)c1. The van der Waals surface area contributed by atoms with Crippen LogP contribution >= 0.6 is 0 Å². The second kappa shape index (κ2) is 10.0. The second-order valence-electron chi connectivity index (χ2n) is 4.49. The third-order valence-electron chi connectivity index (χ3n) is 2.91. The topological polar surface area (TPSA) is 68.8 Å². The van der Waals surface area contributed by atoms with Gasteiger partial charge in [-0.3, -0.25) is 4.79 Å². The van der Waals surface area contributed by atoms with Gasteiger partial charge in [0.1, 0.15) is 0 Å². The average Bonchev–Trinajstić information content (AvgIpc) is 2.51. The molecule has 0 aliphatic carbocycles. The van der Waals surface area contributed by atoms with Crippen LogP contribution in [0, 0.1) is 0 Å². The van der Waals surface area contributed by atoms with E-state index >= 15 is 0 Å². The number of benzene rings is 1. The minimum absolute atomic E-state index is 0.0217. The molecule has 6 nitrogen and oxygen atoms in total. The van der Waals surface area contributed by atoms with E-state index in [1.54, 1.807) is 21.3 Å². The predicted molar refractivity (Wildman–Crippen MR) is 80.8 cm³/mol. The summed E-state index contributed by atoms with van der Waals surface area (Å²) in [6, 6.07) is 5.67. The fraction of sp³-hybridized carbons (Fsp3) is 0.533. The minimum Gasteiger partial charge on any atom is -0.493 e. The van der Waals surface area contributed by atoms with E-state index in [9.17, 15) is 4.79 Å². The molecule has 1 aromatic carbocycles. The highest BCUT2D eigenvalue weighted by molar-refractivity contribution is 5.77. The first-order valence-corrected chi connectivity index (χ1v) is 6.88. The predicted octanol–water partition coefficient (Wildman–Crippen LogP) is 0.946. The highest BCUT2D eigenvalue weighted by Crippen LogP contribution is 2.27. The Bertz CT molecular complexity index is 438. The number of hydrogen-bond donors (Lipinski definition) is 2. The summed E-state index contributed by atoms with van der Waals surface area (Å²) < 4.78 is 15.3. The van der Waals surface area contributed by atoms with Gasteiger partial charge in [-0.2, -0.15) is 0 Å². The molecule has 6 heteroatoms. The van der Waals surface area contributed by atoms with Crippen LogP contribution in [0.25, 0.3) is 0 Å². The molecule has 0 aliphatic rings. The number of methoxy groups -OCH3 is 3. The standard InChI is InChI=1S/C15H24N2O4/c1-19-8-4-7-17-15(18)11-16-10-12-5-6-13(20-2)14(9-12)21-3/h5-6,9,16H,4,7-8,10-11H2,1-3H3,(H,17,18). The number of rotatable bonds is 10. The minimum atomic E-state index is -0.0217. The van der Waals surface area contributed by atoms with Crippen molar-refractivity contribution >= 4 is 5.91 Å². The molecular formula is C15H24N2O4. The number of carbonyl (C=O) groups excluding carboxylic acids is 1. The van der Waals surface area contributed by atoms with Crippen LogP contribution in [0.15, 0.2) is 18.2 Å². The number of carbonyl (C=O) groups is 1. The summed E-state index contributed by atoms with van der Waals surface area (Å²) in [5, 5.41) is 5.91. The lowest BCUT2D eigenvalue weighted by Gasteiger charge is -2.10. The summed E-state index contributed by atoms with van der Waals surface area (Å²) in [5.41, 5.74) is 1.03. The van der Waals surface area contributed by atoms with Crippen LogP contribution in [0.5, 0.6) is 11.5 Å². The Morgan fingerprint density at radius 2 is 1.90 bits per heavy atom. The largest absolute Gasteiger partial charge is 0.493 e. The van der Waals surface area contributed by atoms with Gasteiger partial charge in [-0.25, -0.2) is 0 Å². The van der Waals surface area contributed by atoms with Crippen molar-refractivity contribution in [2.24, 2.45) is 0 Å². The Labute approximate surface area is 125 Å². The number of amides is 1. The maximum Gasteiger partial charge on any atom is 0.233 e. The number of ether oxygens (including phenoxy) is 3. The van der Waals surface area contributed by atoms with Crippen LogP contribution in [0.1, 0.15) is 12.0 Å². The first-order chi connectivity index (χ1) is 10.2. The smallest absolute Gasteiger partial charge is 0.233 e. The summed E-state index contributed by atoms with van der Waals surface area (Å²) in [6.45, 7) is 2.15. The average molecular weight is 296 g/mol. The van der Waals surface area contributed by atoms with Crippen molar-refractivity contribution < 1.29 is 19.0 Å². The van der Waals surface area contributed by atoms with Gasteiger partial charge in [-0.05, 0) is 24.1 Å². The van der Waals surface area contributed by atoms with Gasteiger partial charge in [0.05, 0.1) is 20.8 Å². The molecule has 0 bridgehead atoms. The quantitative estimate of drug-likeness (QED) is 0.629. The molecule has 21 heavy (non-hydrogen) atoms. The van der Waals surface area contributed by atoms with Crippen molar-refractivity contribution in [2.75, 3.05) is 41.0 Å². The molecule has 0 spiro atoms. The van der Waals surface area contributed by atoms with E-state index in [1.165, 1.54) is 0 Å². The van der Waals surface area contributed by atoms with E-state index in [2.05, 4.69) is 10.6 Å². The van der Waals surface area contributed by atoms with Gasteiger partial charge in [0, 0.05) is 26.8 Å². The summed E-state index contributed by atoms with van der Waals surface area (Å²) in [7, 11) is 4.85. The van der Waals surface area contributed by atoms with Crippen LogP contribution < -0.4 is 20.1 Å². The zero-order valence-electron chi connectivity index (χ0n) is 12.9. The molecule has 0 atom stereocenters. The van der Waals surface area contributed by atoms with Crippen molar-refractivity contribution in [2.45, 2.75) is 13.0 Å². The van der Waals surface area contributed by atoms with Gasteiger partial charge < -0.3 is 24.8 Å². The molecule has 0 unspecified atom stereocenters. The van der Waals surface area contributed by atoms with Gasteiger partial charge in [-0.15, -0.1) is 0 Å². The molecule has 1 rings (SSSR count). The summed E-state index contributed by atoms with van der Waals surface area (Å²) in [5.74, 6) is 1.35. The molecule has 0 saturated heterocycles. The van der Waals surface area contributed by atoms with E-state index in [0.29, 0.717) is 31.2 Å². The number of nitrogens with one attached hydrogen (secondary N) is 2. The molecule has 118 valence electrons. The van der Waals surface area contributed by atoms with Crippen LogP contribution in [0.3, 0.4) is 0 Å². The fourth-order valence-corrected chi connectivity index (χ4v) is 1.82. The number of hydrogen-bond acceptors (Lipinski definition) is 5. The molecular weight excluding hydrogens is 272 g/mol. The maximum atomic E-state index is 11.6. The first-order valence-electron chi connectivity index (χ1n) is 6.88. The molecule has 1 amide bonds. The molecule has 0 aliphatic heterocycles. The Hall–Kier alpha value is -1.79. The molecule has 0 heterocycles. The van der Waals surface area contributed by atoms with Crippen molar-refractivity contribution in [1.29, 1.82) is 0 Å². The monoisotopic (exact) mass is 296 g/mol. The second-order valence-corrected chi connectivity index (χ2v) is 4.49. The van der Waals surface area contributed by atoms with Gasteiger partial charge in [0.2, 0.25) is 5.91 Å². The van der Waals surface area contributed by atoms with Crippen LogP contribution in [-0.4, -0.2) is 46.9 Å². The molecule has 0 radical (unpaired) electrons. The summed E-state index contributed by atoms with van der Waals surface area (Å²) >= 11 is 0. The van der Waals surface area contributed by atoms with Gasteiger partial charge >= 0.3 is 0 Å². The lowest BCUT2D eigenvalue weighted by Crippen LogP contribution is -2.34. The first kappa shape index (κ1) is 17.3. The Balaban J connectivity index is 2.30. The Morgan fingerprint density at radius 1 is 1.14 bits per heavy atom. The highest BCUT2D eigenvalue weighted by Gasteiger charge is 2.05. The van der Waals surface area contributed by atoms with Gasteiger partial charge in [-0.1, -0.05) is 6.07 Å². The highest BCUT2D eigenvalue weighted by atomic mass is 16.5. The normalized spacial score (nSPS) is 10.2. The van der Waals surface area contributed by atoms with Crippen LogP contribution in [0.2, 0.25) is 0 Å². The zero-order valence-corrected chi connectivity index (χ0v) is 12.9. The van der Waals surface area contributed by atoms with E-state index < -0.39 is 0 Å². The van der Waals surface area contributed by atoms with E-state index in [-0.39, 0.29) is 12.5 Å². The van der Waals surface area contributed by atoms with E-state index in [0.717, 1.165) is 12.0 Å². The Morgan fingerprint density at radius 3 is 2.57 bits per heavy atom.